The summed E-state index contributed by atoms with van der Waals surface area (Å²) in [5, 5.41) is 5.00. The van der Waals surface area contributed by atoms with Crippen LogP contribution in [0.3, 0.4) is 0 Å². The molecule has 2 aliphatic rings. The first kappa shape index (κ1) is 18.3. The molecule has 1 aromatic rings. The van der Waals surface area contributed by atoms with Crippen molar-refractivity contribution in [2.24, 2.45) is 5.92 Å². The third kappa shape index (κ3) is 3.53. The number of fused-ring (bicyclic) bond motifs is 1. The zero-order valence-corrected chi connectivity index (χ0v) is 15.9. The van der Waals surface area contributed by atoms with Crippen molar-refractivity contribution in [3.8, 4) is 5.75 Å². The van der Waals surface area contributed by atoms with Crippen molar-refractivity contribution < 1.29 is 9.53 Å². The number of nitrogens with zero attached hydrogens (tertiary/aromatic N) is 1. The normalized spacial score (nSPS) is 19.3. The number of hydrazine groups is 1. The van der Waals surface area contributed by atoms with Gasteiger partial charge in [-0.3, -0.25) is 9.80 Å². The first-order valence-corrected chi connectivity index (χ1v) is 9.07. The zero-order chi connectivity index (χ0) is 18.8. The Morgan fingerprint density at radius 1 is 1.46 bits per heavy atom. The molecule has 0 aromatic heterocycles. The van der Waals surface area contributed by atoms with Crippen LogP contribution in [-0.4, -0.2) is 23.6 Å². The second-order valence-corrected chi connectivity index (χ2v) is 7.16. The van der Waals surface area contributed by atoms with Crippen LogP contribution in [0.5, 0.6) is 5.75 Å². The Kier molecular flexibility index (Phi) is 5.18. The number of carbonyl (C=O) groups excluding carboxylic acids is 1. The Balaban J connectivity index is 1.85. The molecule has 1 aromatic carbocycles. The highest BCUT2D eigenvalue weighted by Crippen LogP contribution is 2.34. The van der Waals surface area contributed by atoms with Crippen LogP contribution in [0.25, 0.3) is 0 Å². The highest BCUT2D eigenvalue weighted by Gasteiger charge is 2.28. The van der Waals surface area contributed by atoms with Crippen LogP contribution >= 0.6 is 0 Å². The first-order valence-electron chi connectivity index (χ1n) is 9.07. The lowest BCUT2D eigenvalue weighted by molar-refractivity contribution is -0.112. The van der Waals surface area contributed by atoms with Gasteiger partial charge in [0.1, 0.15) is 11.9 Å². The topological polar surface area (TPSA) is 53.6 Å². The minimum Gasteiger partial charge on any atom is -0.490 e. The zero-order valence-electron chi connectivity index (χ0n) is 15.9. The summed E-state index contributed by atoms with van der Waals surface area (Å²) in [7, 11) is 0. The average molecular weight is 353 g/mol. The number of allylic oxidation sites excluding steroid dienone is 3. The Bertz CT molecular complexity index is 793. The Morgan fingerprint density at radius 2 is 2.23 bits per heavy atom. The third-order valence-electron chi connectivity index (χ3n) is 4.68. The lowest BCUT2D eigenvalue weighted by Crippen LogP contribution is -2.28. The van der Waals surface area contributed by atoms with Crippen molar-refractivity contribution in [3.63, 3.8) is 0 Å². The summed E-state index contributed by atoms with van der Waals surface area (Å²) in [6.45, 7) is 12.4. The molecule has 1 amide bonds. The standard InChI is InChI=1S/C21H27N3O2/c1-6-7-8-24-20(13(2)3)17(12-22-24)21(25)23-18-11-16-10-15(5)26-19(16)9-14(18)4/h6-9,11,13,15,22H,1,10,12H2,2-5H3,(H,23,25)/b8-7-. The minimum atomic E-state index is -0.0642. The number of aryl methyl sites for hydroxylation is 1. The molecule has 5 nitrogen and oxygen atoms in total. The molecular formula is C21H27N3O2. The van der Waals surface area contributed by atoms with E-state index in [4.69, 9.17) is 4.74 Å². The fourth-order valence-electron chi connectivity index (χ4n) is 3.48. The molecule has 0 spiro atoms. The summed E-state index contributed by atoms with van der Waals surface area (Å²) in [5.41, 5.74) is 8.00. The number of rotatable bonds is 5. The highest BCUT2D eigenvalue weighted by molar-refractivity contribution is 6.05. The molecule has 1 atom stereocenters. The molecule has 0 fully saturated rings. The Labute approximate surface area is 155 Å². The van der Waals surface area contributed by atoms with Gasteiger partial charge in [-0.15, -0.1) is 0 Å². The second-order valence-electron chi connectivity index (χ2n) is 7.16. The van der Waals surface area contributed by atoms with E-state index in [0.29, 0.717) is 6.54 Å². The summed E-state index contributed by atoms with van der Waals surface area (Å²) in [4.78, 5) is 13.0. The van der Waals surface area contributed by atoms with Crippen LogP contribution in [0.1, 0.15) is 31.9 Å². The molecular weight excluding hydrogens is 326 g/mol. The van der Waals surface area contributed by atoms with Gasteiger partial charge < -0.3 is 10.1 Å². The van der Waals surface area contributed by atoms with Crippen molar-refractivity contribution in [1.29, 1.82) is 0 Å². The lowest BCUT2D eigenvalue weighted by Gasteiger charge is -2.20. The molecule has 0 saturated carbocycles. The van der Waals surface area contributed by atoms with E-state index >= 15 is 0 Å². The summed E-state index contributed by atoms with van der Waals surface area (Å²) < 4.78 is 5.79. The van der Waals surface area contributed by atoms with E-state index in [2.05, 4.69) is 38.1 Å². The summed E-state index contributed by atoms with van der Waals surface area (Å²) in [6, 6.07) is 4.05. The van der Waals surface area contributed by atoms with E-state index in [-0.39, 0.29) is 17.9 Å². The maximum absolute atomic E-state index is 13.0. The van der Waals surface area contributed by atoms with E-state index in [1.54, 1.807) is 6.08 Å². The highest BCUT2D eigenvalue weighted by atomic mass is 16.5. The molecule has 3 rings (SSSR count). The largest absolute Gasteiger partial charge is 0.490 e. The molecule has 138 valence electrons. The van der Waals surface area contributed by atoms with E-state index in [1.165, 1.54) is 0 Å². The molecule has 1 unspecified atom stereocenters. The predicted molar refractivity (Wildman–Crippen MR) is 105 cm³/mol. The summed E-state index contributed by atoms with van der Waals surface area (Å²) >= 11 is 0. The Morgan fingerprint density at radius 3 is 2.92 bits per heavy atom. The maximum Gasteiger partial charge on any atom is 0.254 e. The predicted octanol–water partition coefficient (Wildman–Crippen LogP) is 3.69. The van der Waals surface area contributed by atoms with Gasteiger partial charge in [-0.25, -0.2) is 5.43 Å². The van der Waals surface area contributed by atoms with Crippen LogP contribution in [0, 0.1) is 12.8 Å². The molecule has 0 aliphatic carbocycles. The number of amides is 1. The van der Waals surface area contributed by atoms with Crippen molar-refractivity contribution in [2.75, 3.05) is 11.9 Å². The van der Waals surface area contributed by atoms with Gasteiger partial charge in [0.25, 0.3) is 5.91 Å². The molecule has 2 N–H and O–H groups in total. The number of hydrogen-bond acceptors (Lipinski definition) is 4. The number of ether oxygens (including phenoxy) is 1. The molecule has 0 saturated heterocycles. The SMILES string of the molecule is C=C/C=C\N1NCC(C(=O)Nc2cc3c(cc2C)OC(C)C3)=C1C(C)C. The van der Waals surface area contributed by atoms with Crippen molar-refractivity contribution in [2.45, 2.75) is 40.2 Å². The molecule has 26 heavy (non-hydrogen) atoms. The number of anilines is 1. The van der Waals surface area contributed by atoms with Gasteiger partial charge in [-0.2, -0.15) is 0 Å². The molecule has 0 bridgehead atoms. The number of hydrogen-bond donors (Lipinski definition) is 2. The summed E-state index contributed by atoms with van der Waals surface area (Å²) in [6.07, 6.45) is 6.52. The van der Waals surface area contributed by atoms with Crippen molar-refractivity contribution in [3.05, 3.63) is 59.5 Å². The summed E-state index contributed by atoms with van der Waals surface area (Å²) in [5.74, 6) is 1.08. The van der Waals surface area contributed by atoms with Crippen molar-refractivity contribution >= 4 is 11.6 Å². The molecule has 5 heteroatoms. The van der Waals surface area contributed by atoms with E-state index in [0.717, 1.165) is 40.3 Å². The average Bonchev–Trinajstić information content (AvgIpc) is 3.15. The number of carbonyl (C=O) groups is 1. The number of nitrogens with one attached hydrogen (secondary N) is 2. The molecule has 2 heterocycles. The molecule has 0 radical (unpaired) electrons. The van der Waals surface area contributed by atoms with E-state index < -0.39 is 0 Å². The van der Waals surface area contributed by atoms with Crippen LogP contribution in [-0.2, 0) is 11.2 Å². The molecule has 2 aliphatic heterocycles. The smallest absolute Gasteiger partial charge is 0.254 e. The van der Waals surface area contributed by atoms with Gasteiger partial charge in [0.2, 0.25) is 0 Å². The van der Waals surface area contributed by atoms with Gasteiger partial charge >= 0.3 is 0 Å². The first-order chi connectivity index (χ1) is 12.4. The quantitative estimate of drug-likeness (QED) is 0.793. The minimum absolute atomic E-state index is 0.0642. The number of benzene rings is 1. The second kappa shape index (κ2) is 7.38. The van der Waals surface area contributed by atoms with Gasteiger partial charge in [0, 0.05) is 30.5 Å². The van der Waals surface area contributed by atoms with Crippen LogP contribution in [0.15, 0.2) is 48.3 Å². The van der Waals surface area contributed by atoms with Crippen molar-refractivity contribution in [1.82, 2.24) is 10.4 Å². The van der Waals surface area contributed by atoms with E-state index in [9.17, 15) is 4.79 Å². The van der Waals surface area contributed by atoms with Gasteiger partial charge in [-0.05, 0) is 49.1 Å². The van der Waals surface area contributed by atoms with Crippen LogP contribution in [0.2, 0.25) is 0 Å². The van der Waals surface area contributed by atoms with E-state index in [1.807, 2.05) is 36.3 Å². The van der Waals surface area contributed by atoms with Gasteiger partial charge in [0.05, 0.1) is 5.57 Å². The van der Waals surface area contributed by atoms with Gasteiger partial charge in [-0.1, -0.05) is 26.5 Å². The van der Waals surface area contributed by atoms with Crippen LogP contribution in [0.4, 0.5) is 5.69 Å². The lowest BCUT2D eigenvalue weighted by atomic mass is 10.0. The van der Waals surface area contributed by atoms with Crippen LogP contribution < -0.4 is 15.5 Å². The Hall–Kier alpha value is -2.53. The van der Waals surface area contributed by atoms with Gasteiger partial charge in [0.15, 0.2) is 0 Å². The monoisotopic (exact) mass is 353 g/mol. The maximum atomic E-state index is 13.0. The fourth-order valence-corrected chi connectivity index (χ4v) is 3.48. The third-order valence-corrected chi connectivity index (χ3v) is 4.68. The fraction of sp³-hybridized carbons (Fsp3) is 0.381.